The van der Waals surface area contributed by atoms with Crippen LogP contribution in [-0.2, 0) is 16.4 Å². The average molecular weight is 432 g/mol. The summed E-state index contributed by atoms with van der Waals surface area (Å²) in [5, 5.41) is 6.91. The molecule has 3 heterocycles. The van der Waals surface area contributed by atoms with Crippen LogP contribution in [0.25, 0.3) is 0 Å². The smallest absolute Gasteiger partial charge is 0.247 e. The second kappa shape index (κ2) is 8.35. The van der Waals surface area contributed by atoms with Crippen LogP contribution in [0, 0.1) is 19.8 Å². The van der Waals surface area contributed by atoms with E-state index in [4.69, 9.17) is 4.74 Å². The Labute approximate surface area is 180 Å². The van der Waals surface area contributed by atoms with Gasteiger partial charge in [-0.1, -0.05) is 26.0 Å². The van der Waals surface area contributed by atoms with Crippen molar-refractivity contribution in [3.8, 4) is 5.75 Å². The zero-order valence-electron chi connectivity index (χ0n) is 18.4. The molecule has 6 nitrogen and oxygen atoms in total. The first-order valence-corrected chi connectivity index (χ1v) is 12.5. The molecule has 2 bridgehead atoms. The Morgan fingerprint density at radius 1 is 1.13 bits per heavy atom. The van der Waals surface area contributed by atoms with Gasteiger partial charge in [0.2, 0.25) is 10.0 Å². The van der Waals surface area contributed by atoms with E-state index in [9.17, 15) is 8.42 Å². The highest BCUT2D eigenvalue weighted by molar-refractivity contribution is 7.89. The molecular weight excluding hydrogens is 398 g/mol. The highest BCUT2D eigenvalue weighted by Gasteiger charge is 2.48. The summed E-state index contributed by atoms with van der Waals surface area (Å²) in [4.78, 5) is 0.343. The largest absolute Gasteiger partial charge is 0.490 e. The number of ether oxygens (including phenoxy) is 1. The van der Waals surface area contributed by atoms with Crippen LogP contribution in [-0.4, -0.2) is 41.1 Å². The van der Waals surface area contributed by atoms with E-state index in [1.54, 1.807) is 18.2 Å². The fourth-order valence-electron chi connectivity index (χ4n) is 4.98. The molecule has 0 amide bonds. The van der Waals surface area contributed by atoms with Crippen molar-refractivity contribution >= 4 is 10.0 Å². The molecule has 0 aliphatic carbocycles. The predicted octanol–water partition coefficient (Wildman–Crippen LogP) is 4.38. The van der Waals surface area contributed by atoms with Crippen molar-refractivity contribution in [1.29, 1.82) is 0 Å². The van der Waals surface area contributed by atoms with E-state index in [0.29, 0.717) is 22.2 Å². The second-order valence-corrected chi connectivity index (χ2v) is 11.1. The molecule has 2 aromatic rings. The topological polar surface area (TPSA) is 75.3 Å². The lowest BCUT2D eigenvalue weighted by Gasteiger charge is -2.37. The Hall–Kier alpha value is -1.86. The Morgan fingerprint density at radius 3 is 2.30 bits per heavy atom. The maximum Gasteiger partial charge on any atom is 0.247 e. The van der Waals surface area contributed by atoms with Crippen molar-refractivity contribution in [2.45, 2.75) is 89.3 Å². The molecule has 1 N–H and O–H groups in total. The minimum absolute atomic E-state index is 0.00207. The minimum atomic E-state index is -3.55. The Kier molecular flexibility index (Phi) is 5.95. The molecule has 2 aliphatic heterocycles. The highest BCUT2D eigenvalue weighted by atomic mass is 32.2. The number of nitrogens with one attached hydrogen (secondary N) is 1. The number of nitrogens with zero attached hydrogens (tertiary/aromatic N) is 2. The van der Waals surface area contributed by atoms with Crippen molar-refractivity contribution in [2.24, 2.45) is 5.92 Å². The lowest BCUT2D eigenvalue weighted by Crippen LogP contribution is -2.49. The number of H-pyrrole nitrogens is 1. The van der Waals surface area contributed by atoms with Crippen LogP contribution < -0.4 is 4.74 Å². The van der Waals surface area contributed by atoms with Crippen molar-refractivity contribution in [3.63, 3.8) is 0 Å². The molecule has 3 atom stereocenters. The van der Waals surface area contributed by atoms with Crippen LogP contribution in [0.1, 0.15) is 62.9 Å². The molecule has 1 aromatic heterocycles. The number of rotatable bonds is 7. The number of piperidine rings is 1. The Morgan fingerprint density at radius 2 is 1.77 bits per heavy atom. The molecule has 30 heavy (non-hydrogen) atoms. The third-order valence-corrected chi connectivity index (χ3v) is 8.72. The molecule has 2 fully saturated rings. The second-order valence-electron chi connectivity index (χ2n) is 9.27. The summed E-state index contributed by atoms with van der Waals surface area (Å²) in [6, 6.07) is 8.40. The van der Waals surface area contributed by atoms with Gasteiger partial charge in [0, 0.05) is 24.9 Å². The fourth-order valence-corrected chi connectivity index (χ4v) is 7.21. The van der Waals surface area contributed by atoms with Crippen molar-refractivity contribution in [3.05, 3.63) is 41.2 Å². The number of fused-ring (bicyclic) bond motifs is 2. The van der Waals surface area contributed by atoms with E-state index in [0.717, 1.165) is 37.9 Å². The Bertz CT molecular complexity index is 948. The summed E-state index contributed by atoms with van der Waals surface area (Å²) in [6.45, 7) is 8.01. The van der Waals surface area contributed by atoms with Gasteiger partial charge in [-0.25, -0.2) is 8.42 Å². The minimum Gasteiger partial charge on any atom is -0.490 e. The molecule has 0 radical (unpaired) electrons. The number of aromatic nitrogens is 2. The van der Waals surface area contributed by atoms with Crippen LogP contribution in [0.2, 0.25) is 0 Å². The third-order valence-electron chi connectivity index (χ3n) is 6.46. The van der Waals surface area contributed by atoms with Gasteiger partial charge in [-0.05, 0) is 63.1 Å². The van der Waals surface area contributed by atoms with Gasteiger partial charge >= 0.3 is 0 Å². The number of hydrogen-bond donors (Lipinski definition) is 1. The summed E-state index contributed by atoms with van der Waals surface area (Å²) in [7, 11) is -3.55. The van der Waals surface area contributed by atoms with Gasteiger partial charge in [-0.2, -0.15) is 9.40 Å². The van der Waals surface area contributed by atoms with E-state index in [1.165, 1.54) is 12.0 Å². The van der Waals surface area contributed by atoms with Gasteiger partial charge < -0.3 is 4.74 Å². The molecule has 2 saturated heterocycles. The van der Waals surface area contributed by atoms with E-state index in [-0.39, 0.29) is 18.2 Å². The number of benzene rings is 1. The summed E-state index contributed by atoms with van der Waals surface area (Å²) in [5.74, 6) is 1.58. The van der Waals surface area contributed by atoms with Gasteiger partial charge in [0.05, 0.1) is 11.4 Å². The van der Waals surface area contributed by atoms with Gasteiger partial charge in [-0.3, -0.25) is 5.10 Å². The SMILES string of the molecule is Cc1n[nH]c(C)c1S(=O)(=O)N1[C@@H]2CC[C@H]1CC(Oc1ccc(CCC(C)C)cc1)C2. The molecule has 4 rings (SSSR count). The number of aryl methyl sites for hydroxylation is 3. The lowest BCUT2D eigenvalue weighted by atomic mass is 10.0. The summed E-state index contributed by atoms with van der Waals surface area (Å²) < 4.78 is 34.8. The summed E-state index contributed by atoms with van der Waals surface area (Å²) >= 11 is 0. The molecular formula is C23H33N3O3S. The van der Waals surface area contributed by atoms with E-state index in [1.807, 2.05) is 0 Å². The highest BCUT2D eigenvalue weighted by Crippen LogP contribution is 2.41. The van der Waals surface area contributed by atoms with Gasteiger partial charge in [0.15, 0.2) is 0 Å². The van der Waals surface area contributed by atoms with Crippen LogP contribution in [0.5, 0.6) is 5.75 Å². The lowest BCUT2D eigenvalue weighted by molar-refractivity contribution is 0.0956. The first kappa shape index (κ1) is 21.4. The van der Waals surface area contributed by atoms with Crippen molar-refractivity contribution in [2.75, 3.05) is 0 Å². The van der Waals surface area contributed by atoms with Gasteiger partial charge in [0.25, 0.3) is 0 Å². The van der Waals surface area contributed by atoms with E-state index < -0.39 is 10.0 Å². The maximum absolute atomic E-state index is 13.4. The van der Waals surface area contributed by atoms with Crippen LogP contribution in [0.4, 0.5) is 0 Å². The van der Waals surface area contributed by atoms with Crippen molar-refractivity contribution in [1.82, 2.24) is 14.5 Å². The maximum atomic E-state index is 13.4. The van der Waals surface area contributed by atoms with E-state index in [2.05, 4.69) is 48.3 Å². The molecule has 1 unspecified atom stereocenters. The normalized spacial score (nSPS) is 24.5. The zero-order chi connectivity index (χ0) is 21.5. The molecule has 1 aromatic carbocycles. The first-order chi connectivity index (χ1) is 14.3. The predicted molar refractivity (Wildman–Crippen MR) is 117 cm³/mol. The standard InChI is InChI=1S/C23H33N3O3S/c1-15(2)5-6-18-7-11-21(12-8-18)29-22-13-19-9-10-20(14-22)26(19)30(27,28)23-16(3)24-25-17(23)4/h7-8,11-12,15,19-20,22H,5-6,9-10,13-14H2,1-4H3,(H,24,25)/t19-,20+,22?. The summed E-state index contributed by atoms with van der Waals surface area (Å²) in [5.41, 5.74) is 2.49. The van der Waals surface area contributed by atoms with Crippen LogP contribution in [0.3, 0.4) is 0 Å². The number of sulfonamides is 1. The fraction of sp³-hybridized carbons (Fsp3) is 0.609. The van der Waals surface area contributed by atoms with Crippen LogP contribution >= 0.6 is 0 Å². The van der Waals surface area contributed by atoms with Gasteiger partial charge in [-0.15, -0.1) is 0 Å². The molecule has 7 heteroatoms. The number of hydrogen-bond acceptors (Lipinski definition) is 4. The van der Waals surface area contributed by atoms with Gasteiger partial charge in [0.1, 0.15) is 16.7 Å². The first-order valence-electron chi connectivity index (χ1n) is 11.1. The monoisotopic (exact) mass is 431 g/mol. The van der Waals surface area contributed by atoms with Crippen molar-refractivity contribution < 1.29 is 13.2 Å². The molecule has 0 saturated carbocycles. The zero-order valence-corrected chi connectivity index (χ0v) is 19.2. The molecule has 0 spiro atoms. The quantitative estimate of drug-likeness (QED) is 0.706. The van der Waals surface area contributed by atoms with E-state index >= 15 is 0 Å². The number of aromatic amines is 1. The molecule has 2 aliphatic rings. The van der Waals surface area contributed by atoms with Crippen LogP contribution in [0.15, 0.2) is 29.2 Å². The Balaban J connectivity index is 1.43. The molecule has 164 valence electrons. The third kappa shape index (κ3) is 4.14. The average Bonchev–Trinajstić information content (AvgIpc) is 3.18. The summed E-state index contributed by atoms with van der Waals surface area (Å²) in [6.07, 6.45) is 5.60.